The second-order valence-electron chi connectivity index (χ2n) is 3.44. The third-order valence-corrected chi connectivity index (χ3v) is 2.96. The van der Waals surface area contributed by atoms with Crippen LogP contribution in [0.1, 0.15) is 0 Å². The largest absolute Gasteiger partial charge is 0.332 e. The summed E-state index contributed by atoms with van der Waals surface area (Å²) >= 11 is 1.44. The van der Waals surface area contributed by atoms with Crippen LogP contribution in [-0.2, 0) is 6.54 Å². The Bertz CT molecular complexity index is 629. The molecule has 0 amide bonds. The van der Waals surface area contributed by atoms with E-state index in [0.29, 0.717) is 30.5 Å². The number of aromatic nitrogens is 6. The Labute approximate surface area is 105 Å². The maximum absolute atomic E-state index is 5.43. The molecule has 8 nitrogen and oxygen atoms in total. The second kappa shape index (κ2) is 4.63. The minimum absolute atomic E-state index is 0.335. The highest BCUT2D eigenvalue weighted by Crippen LogP contribution is 2.22. The average Bonchev–Trinajstić information content (AvgIpc) is 3.10. The van der Waals surface area contributed by atoms with Crippen LogP contribution in [0.4, 0.5) is 0 Å². The van der Waals surface area contributed by atoms with Crippen molar-refractivity contribution in [2.45, 2.75) is 6.54 Å². The zero-order valence-electron chi connectivity index (χ0n) is 9.22. The van der Waals surface area contributed by atoms with E-state index < -0.39 is 0 Å². The van der Waals surface area contributed by atoms with E-state index in [1.807, 2.05) is 0 Å². The minimum Gasteiger partial charge on any atom is -0.332 e. The molecule has 92 valence electrons. The highest BCUT2D eigenvalue weighted by atomic mass is 32.1. The quantitative estimate of drug-likeness (QED) is 0.726. The van der Waals surface area contributed by atoms with Crippen LogP contribution in [0.2, 0.25) is 0 Å². The number of rotatable bonds is 4. The lowest BCUT2D eigenvalue weighted by Crippen LogP contribution is -2.10. The van der Waals surface area contributed by atoms with Crippen LogP contribution in [0.3, 0.4) is 0 Å². The maximum atomic E-state index is 5.43. The Kier molecular flexibility index (Phi) is 2.82. The van der Waals surface area contributed by atoms with Gasteiger partial charge in [-0.05, 0) is 0 Å². The zero-order valence-corrected chi connectivity index (χ0v) is 10.0. The molecule has 0 spiro atoms. The first-order chi connectivity index (χ1) is 8.86. The Morgan fingerprint density at radius 2 is 2.39 bits per heavy atom. The molecule has 0 aromatic carbocycles. The van der Waals surface area contributed by atoms with Crippen molar-refractivity contribution < 1.29 is 4.52 Å². The molecule has 0 aliphatic heterocycles. The molecule has 9 heteroatoms. The van der Waals surface area contributed by atoms with Gasteiger partial charge in [0.25, 0.3) is 5.89 Å². The van der Waals surface area contributed by atoms with Crippen molar-refractivity contribution >= 4 is 11.3 Å². The molecule has 0 unspecified atom stereocenters. The van der Waals surface area contributed by atoms with Crippen molar-refractivity contribution in [1.82, 2.24) is 30.1 Å². The van der Waals surface area contributed by atoms with Gasteiger partial charge >= 0.3 is 0 Å². The molecule has 3 aromatic heterocycles. The molecule has 0 aliphatic carbocycles. The molecular weight excluding hydrogens is 254 g/mol. The van der Waals surface area contributed by atoms with E-state index in [2.05, 4.69) is 25.4 Å². The van der Waals surface area contributed by atoms with E-state index in [1.54, 1.807) is 22.6 Å². The van der Waals surface area contributed by atoms with Crippen LogP contribution >= 0.6 is 11.3 Å². The van der Waals surface area contributed by atoms with Gasteiger partial charge in [-0.15, -0.1) is 16.4 Å². The van der Waals surface area contributed by atoms with Crippen LogP contribution in [0.15, 0.2) is 22.4 Å². The van der Waals surface area contributed by atoms with Gasteiger partial charge in [-0.3, -0.25) is 9.67 Å². The molecule has 0 fully saturated rings. The Hall–Kier alpha value is -2.13. The summed E-state index contributed by atoms with van der Waals surface area (Å²) < 4.78 is 6.77. The molecule has 0 atom stereocenters. The summed E-state index contributed by atoms with van der Waals surface area (Å²) in [7, 11) is 0. The Morgan fingerprint density at radius 3 is 3.17 bits per heavy atom. The summed E-state index contributed by atoms with van der Waals surface area (Å²) in [4.78, 5) is 9.05. The topological polar surface area (TPSA) is 109 Å². The minimum atomic E-state index is 0.335. The van der Waals surface area contributed by atoms with Crippen LogP contribution < -0.4 is 5.73 Å². The lowest BCUT2D eigenvalue weighted by atomic mass is 10.4. The van der Waals surface area contributed by atoms with Crippen molar-refractivity contribution in [2.24, 2.45) is 5.73 Å². The highest BCUT2D eigenvalue weighted by Gasteiger charge is 2.14. The predicted molar refractivity (Wildman–Crippen MR) is 63.5 cm³/mol. The van der Waals surface area contributed by atoms with Crippen molar-refractivity contribution in [3.05, 3.63) is 17.9 Å². The molecule has 0 bridgehead atoms. The van der Waals surface area contributed by atoms with E-state index in [9.17, 15) is 0 Å². The van der Waals surface area contributed by atoms with Gasteiger partial charge in [0.2, 0.25) is 5.82 Å². The van der Waals surface area contributed by atoms with Gasteiger partial charge in [0, 0.05) is 12.7 Å². The van der Waals surface area contributed by atoms with Crippen molar-refractivity contribution in [1.29, 1.82) is 0 Å². The van der Waals surface area contributed by atoms with E-state index in [4.69, 9.17) is 10.3 Å². The van der Waals surface area contributed by atoms with Gasteiger partial charge in [-0.2, -0.15) is 4.98 Å². The average molecular weight is 263 g/mol. The van der Waals surface area contributed by atoms with Crippen LogP contribution in [0, 0.1) is 0 Å². The number of hydrogen-bond donors (Lipinski definition) is 1. The number of nitrogens with two attached hydrogens (primary N) is 1. The molecule has 2 N–H and O–H groups in total. The van der Waals surface area contributed by atoms with E-state index >= 15 is 0 Å². The first-order valence-corrected chi connectivity index (χ1v) is 6.08. The van der Waals surface area contributed by atoms with Crippen molar-refractivity contribution in [3.63, 3.8) is 0 Å². The third kappa shape index (κ3) is 2.00. The fourth-order valence-electron chi connectivity index (χ4n) is 1.39. The highest BCUT2D eigenvalue weighted by molar-refractivity contribution is 7.13. The molecule has 0 saturated heterocycles. The van der Waals surface area contributed by atoms with Gasteiger partial charge in [-0.25, -0.2) is 0 Å². The van der Waals surface area contributed by atoms with Gasteiger partial charge < -0.3 is 10.3 Å². The van der Waals surface area contributed by atoms with E-state index in [1.165, 1.54) is 11.3 Å². The van der Waals surface area contributed by atoms with Gasteiger partial charge in [0.1, 0.15) is 0 Å². The number of thiazole rings is 1. The van der Waals surface area contributed by atoms with Crippen molar-refractivity contribution in [2.75, 3.05) is 6.54 Å². The fraction of sp³-hybridized carbons (Fsp3) is 0.222. The van der Waals surface area contributed by atoms with Gasteiger partial charge in [0.05, 0.1) is 23.1 Å². The second-order valence-corrected chi connectivity index (χ2v) is 4.33. The summed E-state index contributed by atoms with van der Waals surface area (Å²) in [6.07, 6.45) is 3.40. The SMILES string of the molecule is NCCn1cc(-c2nc(-c3cncs3)no2)nn1. The summed E-state index contributed by atoms with van der Waals surface area (Å²) in [6.45, 7) is 1.10. The van der Waals surface area contributed by atoms with Crippen LogP contribution in [0.5, 0.6) is 0 Å². The fourth-order valence-corrected chi connectivity index (χ4v) is 1.94. The van der Waals surface area contributed by atoms with Crippen molar-refractivity contribution in [3.8, 4) is 22.3 Å². The number of hydrogen-bond acceptors (Lipinski definition) is 8. The summed E-state index contributed by atoms with van der Waals surface area (Å²) in [5.74, 6) is 0.836. The molecule has 3 rings (SSSR count). The van der Waals surface area contributed by atoms with E-state index in [-0.39, 0.29) is 0 Å². The predicted octanol–water partition coefficient (Wildman–Crippen LogP) is 0.410. The van der Waals surface area contributed by atoms with Gasteiger partial charge in [0.15, 0.2) is 5.69 Å². The normalized spacial score (nSPS) is 10.9. The smallest absolute Gasteiger partial charge is 0.280 e. The number of nitrogens with zero attached hydrogens (tertiary/aromatic N) is 6. The maximum Gasteiger partial charge on any atom is 0.280 e. The Morgan fingerprint density at radius 1 is 1.44 bits per heavy atom. The van der Waals surface area contributed by atoms with Crippen LogP contribution in [-0.4, -0.2) is 36.7 Å². The lowest BCUT2D eigenvalue weighted by Gasteiger charge is -1.91. The third-order valence-electron chi connectivity index (χ3n) is 2.19. The summed E-state index contributed by atoms with van der Waals surface area (Å²) in [5, 5.41) is 11.7. The van der Waals surface area contributed by atoms with Gasteiger partial charge in [-0.1, -0.05) is 10.4 Å². The summed E-state index contributed by atoms with van der Waals surface area (Å²) in [6, 6.07) is 0. The monoisotopic (exact) mass is 263 g/mol. The molecule has 3 heterocycles. The van der Waals surface area contributed by atoms with Crippen LogP contribution in [0.25, 0.3) is 22.3 Å². The summed E-state index contributed by atoms with van der Waals surface area (Å²) in [5.41, 5.74) is 7.68. The van der Waals surface area contributed by atoms with E-state index in [0.717, 1.165) is 4.88 Å². The molecule has 0 aliphatic rings. The molecule has 0 saturated carbocycles. The standard InChI is InChI=1S/C9H9N7OS/c10-1-2-16-4-6(13-15-16)9-12-8(14-17-9)7-3-11-5-18-7/h3-5H,1-2,10H2. The lowest BCUT2D eigenvalue weighted by molar-refractivity contribution is 0.431. The Balaban J connectivity index is 1.88. The first-order valence-electron chi connectivity index (χ1n) is 5.20. The molecular formula is C9H9N7OS. The molecule has 18 heavy (non-hydrogen) atoms. The molecule has 0 radical (unpaired) electrons. The molecule has 3 aromatic rings. The first kappa shape index (κ1) is 11.0. The zero-order chi connectivity index (χ0) is 12.4.